The second kappa shape index (κ2) is 8.84. The lowest BCUT2D eigenvalue weighted by molar-refractivity contribution is -0.115. The van der Waals surface area contributed by atoms with E-state index in [0.29, 0.717) is 11.3 Å². The summed E-state index contributed by atoms with van der Waals surface area (Å²) in [6.07, 6.45) is 0. The van der Waals surface area contributed by atoms with Gasteiger partial charge in [0, 0.05) is 16.8 Å². The smallest absolute Gasteiger partial charge is 0.251 e. The van der Waals surface area contributed by atoms with Crippen molar-refractivity contribution in [2.75, 3.05) is 11.9 Å². The Morgan fingerprint density at radius 1 is 1.00 bits per heavy atom. The third kappa shape index (κ3) is 5.56. The summed E-state index contributed by atoms with van der Waals surface area (Å²) in [6, 6.07) is 18.4. The van der Waals surface area contributed by atoms with E-state index in [2.05, 4.69) is 22.5 Å². The zero-order chi connectivity index (χ0) is 19.1. The summed E-state index contributed by atoms with van der Waals surface area (Å²) in [5, 5.41) is 7.37. The number of benzene rings is 2. The first kappa shape index (κ1) is 18.4. The van der Waals surface area contributed by atoms with Crippen molar-refractivity contribution in [3.05, 3.63) is 87.6 Å². The van der Waals surface area contributed by atoms with Crippen molar-refractivity contribution in [1.82, 2.24) is 5.32 Å². The standard InChI is InChI=1S/C22H18N2O2S/c1-16-7-10-18(11-8-16)22(26)23-15-21(25)24-19-5-2-4-17(14-19)9-12-20-6-3-13-27-20/h2-8,10-11,13-14H,15H2,1H3,(H,23,26)(H,24,25). The highest BCUT2D eigenvalue weighted by Crippen LogP contribution is 2.11. The van der Waals surface area contributed by atoms with E-state index in [1.807, 2.05) is 48.7 Å². The van der Waals surface area contributed by atoms with Crippen molar-refractivity contribution < 1.29 is 9.59 Å². The van der Waals surface area contributed by atoms with Crippen molar-refractivity contribution in [2.24, 2.45) is 0 Å². The van der Waals surface area contributed by atoms with E-state index < -0.39 is 0 Å². The molecule has 5 heteroatoms. The minimum Gasteiger partial charge on any atom is -0.343 e. The molecule has 3 aromatic rings. The van der Waals surface area contributed by atoms with Gasteiger partial charge in [0.15, 0.2) is 0 Å². The molecule has 4 nitrogen and oxygen atoms in total. The van der Waals surface area contributed by atoms with Gasteiger partial charge in [-0.15, -0.1) is 11.3 Å². The van der Waals surface area contributed by atoms with E-state index in [9.17, 15) is 9.59 Å². The fourth-order valence-corrected chi connectivity index (χ4v) is 2.90. The lowest BCUT2D eigenvalue weighted by Crippen LogP contribution is -2.32. The number of anilines is 1. The summed E-state index contributed by atoms with van der Waals surface area (Å²) >= 11 is 1.58. The van der Waals surface area contributed by atoms with Gasteiger partial charge in [0.05, 0.1) is 11.4 Å². The molecule has 2 N–H and O–H groups in total. The van der Waals surface area contributed by atoms with E-state index in [-0.39, 0.29) is 18.4 Å². The molecule has 0 aliphatic carbocycles. The van der Waals surface area contributed by atoms with Crippen LogP contribution in [0.5, 0.6) is 0 Å². The average molecular weight is 374 g/mol. The quantitative estimate of drug-likeness (QED) is 0.682. The molecule has 0 radical (unpaired) electrons. The molecule has 0 fully saturated rings. The number of amides is 2. The molecule has 1 aromatic heterocycles. The Bertz CT molecular complexity index is 997. The van der Waals surface area contributed by atoms with Gasteiger partial charge < -0.3 is 10.6 Å². The summed E-state index contributed by atoms with van der Waals surface area (Å²) in [7, 11) is 0. The minimum atomic E-state index is -0.293. The number of hydrogen-bond acceptors (Lipinski definition) is 3. The average Bonchev–Trinajstić information content (AvgIpc) is 3.19. The predicted molar refractivity (Wildman–Crippen MR) is 109 cm³/mol. The second-order valence-corrected chi connectivity index (χ2v) is 6.85. The van der Waals surface area contributed by atoms with Crippen molar-refractivity contribution >= 4 is 28.8 Å². The van der Waals surface area contributed by atoms with Gasteiger partial charge in [0.1, 0.15) is 0 Å². The lowest BCUT2D eigenvalue weighted by atomic mass is 10.1. The van der Waals surface area contributed by atoms with Gasteiger partial charge in [-0.3, -0.25) is 9.59 Å². The van der Waals surface area contributed by atoms with Gasteiger partial charge in [-0.1, -0.05) is 41.7 Å². The van der Waals surface area contributed by atoms with Crippen LogP contribution >= 0.6 is 11.3 Å². The Hall–Kier alpha value is -3.36. The Morgan fingerprint density at radius 2 is 1.81 bits per heavy atom. The molecule has 0 saturated carbocycles. The summed E-state index contributed by atoms with van der Waals surface area (Å²) in [5.41, 5.74) is 3.05. The maximum absolute atomic E-state index is 12.1. The molecule has 0 saturated heterocycles. The van der Waals surface area contributed by atoms with Crippen molar-refractivity contribution in [2.45, 2.75) is 6.92 Å². The van der Waals surface area contributed by atoms with Gasteiger partial charge >= 0.3 is 0 Å². The van der Waals surface area contributed by atoms with Gasteiger partial charge in [0.2, 0.25) is 5.91 Å². The number of rotatable bonds is 4. The first-order chi connectivity index (χ1) is 13.1. The van der Waals surface area contributed by atoms with E-state index in [1.54, 1.807) is 35.6 Å². The highest BCUT2D eigenvalue weighted by molar-refractivity contribution is 7.10. The topological polar surface area (TPSA) is 58.2 Å². The van der Waals surface area contributed by atoms with Gasteiger partial charge in [-0.05, 0) is 48.7 Å². The number of carbonyl (C=O) groups is 2. The maximum atomic E-state index is 12.1. The molecule has 0 aliphatic heterocycles. The van der Waals surface area contributed by atoms with Crippen molar-refractivity contribution in [1.29, 1.82) is 0 Å². The van der Waals surface area contributed by atoms with Crippen LogP contribution in [0.1, 0.15) is 26.4 Å². The maximum Gasteiger partial charge on any atom is 0.251 e. The number of nitrogens with one attached hydrogen (secondary N) is 2. The molecule has 0 spiro atoms. The fourth-order valence-electron chi connectivity index (χ4n) is 2.33. The van der Waals surface area contributed by atoms with E-state index in [4.69, 9.17) is 0 Å². The Kier molecular flexibility index (Phi) is 6.03. The van der Waals surface area contributed by atoms with E-state index in [1.165, 1.54) is 0 Å². The highest BCUT2D eigenvalue weighted by atomic mass is 32.1. The molecule has 134 valence electrons. The Labute approximate surface area is 162 Å². The van der Waals surface area contributed by atoms with Crippen molar-refractivity contribution in [3.63, 3.8) is 0 Å². The van der Waals surface area contributed by atoms with Gasteiger partial charge in [-0.25, -0.2) is 0 Å². The van der Waals surface area contributed by atoms with E-state index >= 15 is 0 Å². The molecule has 0 atom stereocenters. The number of aryl methyl sites for hydroxylation is 1. The fraction of sp³-hybridized carbons (Fsp3) is 0.0909. The molecule has 3 rings (SSSR count). The molecule has 0 unspecified atom stereocenters. The van der Waals surface area contributed by atoms with Crippen LogP contribution in [-0.4, -0.2) is 18.4 Å². The SMILES string of the molecule is Cc1ccc(C(=O)NCC(=O)Nc2cccc(C#Cc3cccs3)c2)cc1. The first-order valence-corrected chi connectivity index (χ1v) is 9.28. The van der Waals surface area contributed by atoms with E-state index in [0.717, 1.165) is 16.0 Å². The molecule has 0 aliphatic rings. The summed E-state index contributed by atoms with van der Waals surface area (Å²) < 4.78 is 0. The third-order valence-electron chi connectivity index (χ3n) is 3.72. The lowest BCUT2D eigenvalue weighted by Gasteiger charge is -2.07. The molecule has 2 amide bonds. The largest absolute Gasteiger partial charge is 0.343 e. The second-order valence-electron chi connectivity index (χ2n) is 5.90. The molecule has 2 aromatic carbocycles. The number of thiophene rings is 1. The van der Waals surface area contributed by atoms with Crippen LogP contribution in [0, 0.1) is 18.8 Å². The monoisotopic (exact) mass is 374 g/mol. The number of carbonyl (C=O) groups excluding carboxylic acids is 2. The normalized spacial score (nSPS) is 9.81. The van der Waals surface area contributed by atoms with Crippen LogP contribution in [0.15, 0.2) is 66.0 Å². The van der Waals surface area contributed by atoms with Crippen LogP contribution < -0.4 is 10.6 Å². The predicted octanol–water partition coefficient (Wildman–Crippen LogP) is 3.82. The highest BCUT2D eigenvalue weighted by Gasteiger charge is 2.08. The Morgan fingerprint density at radius 3 is 2.56 bits per heavy atom. The third-order valence-corrected chi connectivity index (χ3v) is 4.51. The van der Waals surface area contributed by atoms with Crippen LogP contribution in [0.2, 0.25) is 0 Å². The van der Waals surface area contributed by atoms with Crippen molar-refractivity contribution in [3.8, 4) is 11.8 Å². The zero-order valence-corrected chi connectivity index (χ0v) is 15.6. The molecular weight excluding hydrogens is 356 g/mol. The molecule has 27 heavy (non-hydrogen) atoms. The minimum absolute atomic E-state index is 0.0994. The Balaban J connectivity index is 1.55. The summed E-state index contributed by atoms with van der Waals surface area (Å²) in [6.45, 7) is 1.85. The van der Waals surface area contributed by atoms with Crippen LogP contribution in [-0.2, 0) is 4.79 Å². The first-order valence-electron chi connectivity index (χ1n) is 8.40. The van der Waals surface area contributed by atoms with Crippen LogP contribution in [0.4, 0.5) is 5.69 Å². The van der Waals surface area contributed by atoms with Crippen LogP contribution in [0.25, 0.3) is 0 Å². The molecular formula is C22H18N2O2S. The summed E-state index contributed by atoms with van der Waals surface area (Å²) in [5.74, 6) is 5.59. The molecule has 0 bridgehead atoms. The zero-order valence-electron chi connectivity index (χ0n) is 14.8. The van der Waals surface area contributed by atoms with Gasteiger partial charge in [-0.2, -0.15) is 0 Å². The van der Waals surface area contributed by atoms with Crippen LogP contribution in [0.3, 0.4) is 0 Å². The summed E-state index contributed by atoms with van der Waals surface area (Å²) in [4.78, 5) is 25.1. The molecule has 1 heterocycles. The van der Waals surface area contributed by atoms with Gasteiger partial charge in [0.25, 0.3) is 5.91 Å². The number of hydrogen-bond donors (Lipinski definition) is 2.